The van der Waals surface area contributed by atoms with Crippen LogP contribution in [0.3, 0.4) is 0 Å². The molecule has 0 aliphatic rings. The van der Waals surface area contributed by atoms with E-state index in [0.29, 0.717) is 33.3 Å². The Morgan fingerprint density at radius 3 is 1.61 bits per heavy atom. The van der Waals surface area contributed by atoms with Gasteiger partial charge in [-0.25, -0.2) is 9.59 Å². The van der Waals surface area contributed by atoms with Crippen LogP contribution in [0.5, 0.6) is 0 Å². The molecule has 0 N–H and O–H groups in total. The first-order valence-electron chi connectivity index (χ1n) is 10.3. The predicted molar refractivity (Wildman–Crippen MR) is 120 cm³/mol. The third-order valence-corrected chi connectivity index (χ3v) is 5.69. The largest absolute Gasteiger partial charge is 0.462 e. The number of benzene rings is 1. The highest BCUT2D eigenvalue weighted by Crippen LogP contribution is 2.28. The number of hydrogen-bond acceptors (Lipinski definition) is 4. The highest BCUT2D eigenvalue weighted by Gasteiger charge is 2.19. The van der Waals surface area contributed by atoms with E-state index in [1.807, 2.05) is 0 Å². The van der Waals surface area contributed by atoms with E-state index in [9.17, 15) is 9.59 Å². The van der Waals surface area contributed by atoms with Gasteiger partial charge in [0, 0.05) is 8.95 Å². The summed E-state index contributed by atoms with van der Waals surface area (Å²) in [4.78, 5) is 24.6. The summed E-state index contributed by atoms with van der Waals surface area (Å²) in [7, 11) is 0. The summed E-state index contributed by atoms with van der Waals surface area (Å²) in [6.07, 6.45) is 11.0. The van der Waals surface area contributed by atoms with Crippen LogP contribution in [-0.2, 0) is 9.47 Å². The van der Waals surface area contributed by atoms with Crippen molar-refractivity contribution in [2.75, 3.05) is 13.2 Å². The van der Waals surface area contributed by atoms with Crippen molar-refractivity contribution in [3.63, 3.8) is 0 Å². The standard InChI is InChI=1S/C22H32Br2O4/c1-3-5-7-9-11-13-27-21(25)17-15-18(23)20(19(24)16-17)22(26)28-14-12-10-8-6-4-2/h15-16H,3-14H2,1-2H3. The maximum Gasteiger partial charge on any atom is 0.340 e. The first-order chi connectivity index (χ1) is 13.5. The maximum absolute atomic E-state index is 12.4. The summed E-state index contributed by atoms with van der Waals surface area (Å²) in [6, 6.07) is 3.23. The van der Waals surface area contributed by atoms with Gasteiger partial charge in [0.15, 0.2) is 0 Å². The molecular formula is C22H32Br2O4. The molecule has 0 radical (unpaired) electrons. The van der Waals surface area contributed by atoms with E-state index in [2.05, 4.69) is 45.7 Å². The summed E-state index contributed by atoms with van der Waals surface area (Å²) in [5, 5.41) is 0. The fraction of sp³-hybridized carbons (Fsp3) is 0.636. The lowest BCUT2D eigenvalue weighted by atomic mass is 10.1. The van der Waals surface area contributed by atoms with Crippen molar-refractivity contribution in [1.82, 2.24) is 0 Å². The van der Waals surface area contributed by atoms with Crippen molar-refractivity contribution in [3.05, 3.63) is 32.2 Å². The second kappa shape index (κ2) is 15.0. The Hall–Kier alpha value is -0.880. The molecule has 1 aromatic rings. The minimum atomic E-state index is -0.398. The summed E-state index contributed by atoms with van der Waals surface area (Å²) < 4.78 is 11.7. The zero-order valence-corrected chi connectivity index (χ0v) is 20.2. The lowest BCUT2D eigenvalue weighted by Gasteiger charge is -2.11. The molecule has 158 valence electrons. The molecule has 0 spiro atoms. The van der Waals surface area contributed by atoms with E-state index >= 15 is 0 Å². The Morgan fingerprint density at radius 1 is 0.714 bits per heavy atom. The molecular weight excluding hydrogens is 488 g/mol. The molecule has 1 aromatic carbocycles. The molecule has 0 aliphatic heterocycles. The van der Waals surface area contributed by atoms with E-state index in [4.69, 9.17) is 9.47 Å². The molecule has 4 nitrogen and oxygen atoms in total. The van der Waals surface area contributed by atoms with Gasteiger partial charge < -0.3 is 9.47 Å². The van der Waals surface area contributed by atoms with Gasteiger partial charge in [-0.2, -0.15) is 0 Å². The summed E-state index contributed by atoms with van der Waals surface area (Å²) in [5.41, 5.74) is 0.799. The molecule has 0 atom stereocenters. The monoisotopic (exact) mass is 518 g/mol. The number of esters is 2. The van der Waals surface area contributed by atoms with Crippen molar-refractivity contribution in [3.8, 4) is 0 Å². The highest BCUT2D eigenvalue weighted by molar-refractivity contribution is 9.11. The first-order valence-corrected chi connectivity index (χ1v) is 11.9. The minimum Gasteiger partial charge on any atom is -0.462 e. The van der Waals surface area contributed by atoms with Gasteiger partial charge in [-0.3, -0.25) is 0 Å². The fourth-order valence-corrected chi connectivity index (χ4v) is 4.29. The molecule has 1 rings (SSSR count). The molecule has 0 fully saturated rings. The van der Waals surface area contributed by atoms with E-state index in [0.717, 1.165) is 32.1 Å². The quantitative estimate of drug-likeness (QED) is 0.189. The number of unbranched alkanes of at least 4 members (excludes halogenated alkanes) is 8. The van der Waals surface area contributed by atoms with Gasteiger partial charge in [0.1, 0.15) is 0 Å². The van der Waals surface area contributed by atoms with Crippen molar-refractivity contribution >= 4 is 43.8 Å². The molecule has 0 heterocycles. The van der Waals surface area contributed by atoms with Crippen LogP contribution >= 0.6 is 31.9 Å². The Balaban J connectivity index is 2.51. The molecule has 6 heteroatoms. The predicted octanol–water partition coefficient (Wildman–Crippen LogP) is 7.47. The van der Waals surface area contributed by atoms with Gasteiger partial charge in [-0.15, -0.1) is 0 Å². The topological polar surface area (TPSA) is 52.6 Å². The molecule has 0 aliphatic carbocycles. The molecule has 0 saturated heterocycles. The van der Waals surface area contributed by atoms with Crippen LogP contribution in [0.1, 0.15) is 98.8 Å². The third kappa shape index (κ3) is 9.55. The number of rotatable bonds is 14. The normalized spacial score (nSPS) is 10.7. The SMILES string of the molecule is CCCCCCCOC(=O)c1cc(Br)c(C(=O)OCCCCCCC)c(Br)c1. The lowest BCUT2D eigenvalue weighted by Crippen LogP contribution is -2.11. The number of carbonyl (C=O) groups excluding carboxylic acids is 2. The Morgan fingerprint density at radius 2 is 1.14 bits per heavy atom. The molecule has 0 aromatic heterocycles. The van der Waals surface area contributed by atoms with Crippen LogP contribution in [0.4, 0.5) is 0 Å². The highest BCUT2D eigenvalue weighted by atomic mass is 79.9. The molecule has 0 amide bonds. The zero-order valence-electron chi connectivity index (χ0n) is 17.0. The van der Waals surface area contributed by atoms with Crippen molar-refractivity contribution < 1.29 is 19.1 Å². The van der Waals surface area contributed by atoms with Crippen molar-refractivity contribution in [2.24, 2.45) is 0 Å². The minimum absolute atomic E-state index is 0.382. The Labute approximate surface area is 186 Å². The second-order valence-corrected chi connectivity index (χ2v) is 8.62. The fourth-order valence-electron chi connectivity index (χ4n) is 2.78. The van der Waals surface area contributed by atoms with Crippen molar-refractivity contribution in [2.45, 2.75) is 78.1 Å². The van der Waals surface area contributed by atoms with Crippen molar-refractivity contribution in [1.29, 1.82) is 0 Å². The number of halogens is 2. The van der Waals surface area contributed by atoms with Crippen LogP contribution in [0, 0.1) is 0 Å². The lowest BCUT2D eigenvalue weighted by molar-refractivity contribution is 0.0481. The number of ether oxygens (including phenoxy) is 2. The maximum atomic E-state index is 12.4. The summed E-state index contributed by atoms with van der Waals surface area (Å²) in [6.45, 7) is 5.16. The van der Waals surface area contributed by atoms with E-state index in [-0.39, 0.29) is 5.97 Å². The second-order valence-electron chi connectivity index (χ2n) is 6.92. The molecule has 0 saturated carbocycles. The van der Waals surface area contributed by atoms with E-state index < -0.39 is 5.97 Å². The third-order valence-electron chi connectivity index (χ3n) is 4.44. The van der Waals surface area contributed by atoms with Gasteiger partial charge >= 0.3 is 11.9 Å². The number of carbonyl (C=O) groups is 2. The average molecular weight is 520 g/mol. The molecule has 0 unspecified atom stereocenters. The smallest absolute Gasteiger partial charge is 0.340 e. The van der Waals surface area contributed by atoms with Crippen LogP contribution in [0.25, 0.3) is 0 Å². The zero-order chi connectivity index (χ0) is 20.8. The van der Waals surface area contributed by atoms with Crippen LogP contribution in [-0.4, -0.2) is 25.2 Å². The first kappa shape index (κ1) is 25.2. The van der Waals surface area contributed by atoms with Gasteiger partial charge in [0.05, 0.1) is 24.3 Å². The van der Waals surface area contributed by atoms with Crippen LogP contribution in [0.2, 0.25) is 0 Å². The summed E-state index contributed by atoms with van der Waals surface area (Å²) >= 11 is 6.76. The van der Waals surface area contributed by atoms with Gasteiger partial charge in [-0.1, -0.05) is 65.2 Å². The van der Waals surface area contributed by atoms with Gasteiger partial charge in [-0.05, 0) is 56.8 Å². The Bertz CT molecular complexity index is 594. The summed E-state index contributed by atoms with van der Waals surface area (Å²) in [5.74, 6) is -0.780. The number of hydrogen-bond donors (Lipinski definition) is 0. The van der Waals surface area contributed by atoms with Gasteiger partial charge in [0.25, 0.3) is 0 Å². The van der Waals surface area contributed by atoms with Crippen LogP contribution in [0.15, 0.2) is 21.1 Å². The van der Waals surface area contributed by atoms with E-state index in [1.54, 1.807) is 12.1 Å². The molecule has 28 heavy (non-hydrogen) atoms. The van der Waals surface area contributed by atoms with Crippen LogP contribution < -0.4 is 0 Å². The Kier molecular flexibility index (Phi) is 13.5. The average Bonchev–Trinajstić information content (AvgIpc) is 2.66. The van der Waals surface area contributed by atoms with E-state index in [1.165, 1.54) is 32.1 Å². The molecule has 0 bridgehead atoms. The van der Waals surface area contributed by atoms with Gasteiger partial charge in [0.2, 0.25) is 0 Å².